The van der Waals surface area contributed by atoms with E-state index in [1.165, 1.54) is 19.5 Å². The van der Waals surface area contributed by atoms with Crippen LogP contribution in [0, 0.1) is 47.3 Å². The summed E-state index contributed by atoms with van der Waals surface area (Å²) in [6, 6.07) is 10.1. The molecule has 0 N–H and O–H groups in total. The first-order valence-corrected chi connectivity index (χ1v) is 17.5. The standard InChI is InChI=1S/C34H50NP/c1-23-11-24(2)22-35(21-23)31-5-3-4-6-32(31)36(34-17-26-12-27(18-34)14-28(13-26)19-34)33-10-9-29-8-7-25(16-33)15-30(29)20-33/h3-6,23-30H,7-22H2,1-2H3. The lowest BCUT2D eigenvalue weighted by atomic mass is 9.55. The third-order valence-corrected chi connectivity index (χ3v) is 16.7. The van der Waals surface area contributed by atoms with Gasteiger partial charge in [0.1, 0.15) is 0 Å². The molecule has 1 aromatic carbocycles. The fraction of sp³-hybridized carbons (Fsp3) is 0.824. The highest BCUT2D eigenvalue weighted by molar-refractivity contribution is 7.69. The highest BCUT2D eigenvalue weighted by Crippen LogP contribution is 2.78. The molecule has 7 saturated carbocycles. The van der Waals surface area contributed by atoms with Crippen molar-refractivity contribution in [2.45, 2.75) is 114 Å². The number of anilines is 1. The van der Waals surface area contributed by atoms with Crippen molar-refractivity contribution in [2.75, 3.05) is 18.0 Å². The Labute approximate surface area is 222 Å². The minimum absolute atomic E-state index is 0.135. The molecule has 0 aromatic heterocycles. The first-order valence-electron chi connectivity index (χ1n) is 16.1. The van der Waals surface area contributed by atoms with E-state index in [4.69, 9.17) is 0 Å². The number of fused-ring (bicyclic) bond motifs is 2. The van der Waals surface area contributed by atoms with Crippen molar-refractivity contribution in [1.82, 2.24) is 0 Å². The van der Waals surface area contributed by atoms with Crippen LogP contribution in [-0.4, -0.2) is 23.4 Å². The number of piperidine rings is 1. The lowest BCUT2D eigenvalue weighted by Gasteiger charge is -2.67. The van der Waals surface area contributed by atoms with Gasteiger partial charge in [0, 0.05) is 24.1 Å². The molecule has 0 amide bonds. The van der Waals surface area contributed by atoms with E-state index in [2.05, 4.69) is 43.0 Å². The van der Waals surface area contributed by atoms with Crippen LogP contribution >= 0.6 is 7.92 Å². The lowest BCUT2D eigenvalue weighted by molar-refractivity contribution is 0.0248. The Bertz CT molecular complexity index is 951. The van der Waals surface area contributed by atoms with Gasteiger partial charge in [-0.2, -0.15) is 0 Å². The van der Waals surface area contributed by atoms with Crippen LogP contribution in [-0.2, 0) is 0 Å². The van der Waals surface area contributed by atoms with Crippen LogP contribution < -0.4 is 10.2 Å². The Morgan fingerprint density at radius 2 is 1.33 bits per heavy atom. The third kappa shape index (κ3) is 3.63. The summed E-state index contributed by atoms with van der Waals surface area (Å²) in [5, 5.41) is 3.23. The molecule has 1 aromatic rings. The molecule has 1 nitrogen and oxygen atoms in total. The second kappa shape index (κ2) is 8.47. The van der Waals surface area contributed by atoms with E-state index in [0.29, 0.717) is 10.3 Å². The number of nitrogens with zero attached hydrogens (tertiary/aromatic N) is 1. The molecule has 1 aliphatic heterocycles. The van der Waals surface area contributed by atoms with Crippen LogP contribution in [0.1, 0.15) is 104 Å². The second-order valence-corrected chi connectivity index (χ2v) is 18.7. The van der Waals surface area contributed by atoms with E-state index >= 15 is 0 Å². The molecule has 1 saturated heterocycles. The van der Waals surface area contributed by atoms with Crippen molar-refractivity contribution < 1.29 is 0 Å². The van der Waals surface area contributed by atoms with Crippen molar-refractivity contribution in [3.05, 3.63) is 24.3 Å². The predicted molar refractivity (Wildman–Crippen MR) is 155 cm³/mol. The maximum absolute atomic E-state index is 2.88. The zero-order valence-corrected chi connectivity index (χ0v) is 24.0. The summed E-state index contributed by atoms with van der Waals surface area (Å²) in [7, 11) is -0.135. The molecule has 9 rings (SSSR count). The minimum atomic E-state index is -0.135. The number of rotatable bonds is 4. The number of para-hydroxylation sites is 1. The van der Waals surface area contributed by atoms with E-state index in [9.17, 15) is 0 Å². The highest BCUT2D eigenvalue weighted by atomic mass is 31.1. The maximum Gasteiger partial charge on any atom is 0.0444 e. The predicted octanol–water partition coefficient (Wildman–Crippen LogP) is 8.60. The molecule has 196 valence electrons. The molecule has 7 aliphatic carbocycles. The van der Waals surface area contributed by atoms with Crippen LogP contribution in [0.15, 0.2) is 24.3 Å². The maximum atomic E-state index is 2.88. The molecular formula is C34H50NP. The first-order chi connectivity index (χ1) is 17.5. The van der Waals surface area contributed by atoms with E-state index in [1.807, 2.05) is 5.30 Å². The molecule has 0 radical (unpaired) electrons. The molecule has 8 fully saturated rings. The van der Waals surface area contributed by atoms with E-state index in [1.54, 1.807) is 89.2 Å². The van der Waals surface area contributed by atoms with E-state index < -0.39 is 0 Å². The average molecular weight is 504 g/mol. The summed E-state index contributed by atoms with van der Waals surface area (Å²) in [5.41, 5.74) is 1.70. The van der Waals surface area contributed by atoms with Gasteiger partial charge < -0.3 is 4.90 Å². The smallest absolute Gasteiger partial charge is 0.0444 e. The molecule has 1 heterocycles. The summed E-state index contributed by atoms with van der Waals surface area (Å²) in [6.07, 6.45) is 22.1. The summed E-state index contributed by atoms with van der Waals surface area (Å²) in [5.74, 6) is 8.08. The quantitative estimate of drug-likeness (QED) is 0.372. The normalized spacial score (nSPS) is 49.9. The van der Waals surface area contributed by atoms with Gasteiger partial charge in [-0.1, -0.05) is 46.4 Å². The van der Waals surface area contributed by atoms with Crippen LogP contribution in [0.4, 0.5) is 5.69 Å². The molecule has 7 atom stereocenters. The number of hydrogen-bond acceptors (Lipinski definition) is 1. The van der Waals surface area contributed by atoms with Crippen molar-refractivity contribution in [3.63, 3.8) is 0 Å². The number of hydrogen-bond donors (Lipinski definition) is 0. The topological polar surface area (TPSA) is 3.24 Å². The number of benzene rings is 1. The zero-order chi connectivity index (χ0) is 24.1. The summed E-state index contributed by atoms with van der Waals surface area (Å²) < 4.78 is 0. The zero-order valence-electron chi connectivity index (χ0n) is 23.1. The van der Waals surface area contributed by atoms with Gasteiger partial charge in [0.2, 0.25) is 0 Å². The van der Waals surface area contributed by atoms with Gasteiger partial charge in [-0.15, -0.1) is 0 Å². The fourth-order valence-electron chi connectivity index (χ4n) is 12.4. The summed E-state index contributed by atoms with van der Waals surface area (Å²) >= 11 is 0. The molecule has 7 bridgehead atoms. The molecule has 7 unspecified atom stereocenters. The molecule has 36 heavy (non-hydrogen) atoms. The molecule has 2 heteroatoms. The van der Waals surface area contributed by atoms with Gasteiger partial charge in [0.25, 0.3) is 0 Å². The van der Waals surface area contributed by atoms with Gasteiger partial charge in [-0.25, -0.2) is 0 Å². The molecule has 0 spiro atoms. The SMILES string of the molecule is CC1CC(C)CN(c2ccccc2P(C23CC4CC(CC(C4)C2)C3)C23CCC4CCC(CC4C2)C3)C1. The van der Waals surface area contributed by atoms with Crippen LogP contribution in [0.2, 0.25) is 0 Å². The van der Waals surface area contributed by atoms with Gasteiger partial charge in [-0.05, 0) is 147 Å². The Balaban J connectivity index is 1.27. The Morgan fingerprint density at radius 3 is 2.06 bits per heavy atom. The van der Waals surface area contributed by atoms with Crippen molar-refractivity contribution in [2.24, 2.45) is 47.3 Å². The van der Waals surface area contributed by atoms with Crippen molar-refractivity contribution in [1.29, 1.82) is 0 Å². The molecular weight excluding hydrogens is 453 g/mol. The summed E-state index contributed by atoms with van der Waals surface area (Å²) in [6.45, 7) is 7.59. The van der Waals surface area contributed by atoms with E-state index in [-0.39, 0.29) is 7.92 Å². The van der Waals surface area contributed by atoms with E-state index in [0.717, 1.165) is 47.3 Å². The van der Waals surface area contributed by atoms with Gasteiger partial charge in [-0.3, -0.25) is 0 Å². The van der Waals surface area contributed by atoms with Crippen LogP contribution in [0.3, 0.4) is 0 Å². The lowest BCUT2D eigenvalue weighted by Crippen LogP contribution is -2.57. The first kappa shape index (κ1) is 23.3. The monoisotopic (exact) mass is 503 g/mol. The molecule has 8 aliphatic rings. The second-order valence-electron chi connectivity index (χ2n) is 15.7. The van der Waals surface area contributed by atoms with Gasteiger partial charge in [0.15, 0.2) is 0 Å². The van der Waals surface area contributed by atoms with Crippen molar-refractivity contribution in [3.8, 4) is 0 Å². The minimum Gasteiger partial charge on any atom is -0.370 e. The third-order valence-electron chi connectivity index (χ3n) is 12.8. The van der Waals surface area contributed by atoms with Gasteiger partial charge >= 0.3 is 0 Å². The average Bonchev–Trinajstić information content (AvgIpc) is 2.82. The summed E-state index contributed by atoms with van der Waals surface area (Å²) in [4.78, 5) is 2.88. The Morgan fingerprint density at radius 1 is 0.667 bits per heavy atom. The van der Waals surface area contributed by atoms with Gasteiger partial charge in [0.05, 0.1) is 0 Å². The highest BCUT2D eigenvalue weighted by Gasteiger charge is 2.62. The van der Waals surface area contributed by atoms with Crippen molar-refractivity contribution >= 4 is 18.9 Å². The van der Waals surface area contributed by atoms with Crippen LogP contribution in [0.25, 0.3) is 0 Å². The Hall–Kier alpha value is -0.550. The Kier molecular flexibility index (Phi) is 5.49. The largest absolute Gasteiger partial charge is 0.370 e. The van der Waals surface area contributed by atoms with Crippen LogP contribution in [0.5, 0.6) is 0 Å². The fourth-order valence-corrected chi connectivity index (χ4v) is 17.7.